The van der Waals surface area contributed by atoms with Crippen LogP contribution in [-0.4, -0.2) is 43.5 Å². The van der Waals surface area contributed by atoms with Crippen LogP contribution < -0.4 is 20.1 Å². The minimum Gasteiger partial charge on any atom is -0.496 e. The van der Waals surface area contributed by atoms with E-state index in [1.807, 2.05) is 25.1 Å². The maximum absolute atomic E-state index is 13.4. The second-order valence-electron chi connectivity index (χ2n) is 9.83. The Morgan fingerprint density at radius 1 is 1.22 bits per heavy atom. The van der Waals surface area contributed by atoms with Crippen molar-refractivity contribution >= 4 is 27.6 Å². The fraction of sp³-hybridized carbons (Fsp3) is 0.346. The summed E-state index contributed by atoms with van der Waals surface area (Å²) in [7, 11) is -2.66. The molecule has 3 N–H and O–H groups in total. The standard InChI is InChI=1S/C26H31N5O4S/c1-16-8-11-21(35-5)19(13-16)20-10-9-18(24(29-20)31-15-17(2)14-26(31,3)4)25(32)30-36(33,34)22-7-6-12-28-23(22)27/h6-13,17H,14-15H2,1-5H3,(H2,27,28)(H,30,32)/t17-/m0/s1. The van der Waals surface area contributed by atoms with E-state index in [4.69, 9.17) is 15.5 Å². The molecule has 1 aliphatic heterocycles. The highest BCUT2D eigenvalue weighted by Gasteiger charge is 2.39. The summed E-state index contributed by atoms with van der Waals surface area (Å²) in [5, 5.41) is 0. The molecule has 1 amide bonds. The van der Waals surface area contributed by atoms with Gasteiger partial charge in [-0.15, -0.1) is 0 Å². The molecule has 1 aliphatic rings. The monoisotopic (exact) mass is 509 g/mol. The van der Waals surface area contributed by atoms with Gasteiger partial charge in [-0.3, -0.25) is 4.79 Å². The van der Waals surface area contributed by atoms with Crippen LogP contribution in [0, 0.1) is 12.8 Å². The van der Waals surface area contributed by atoms with Gasteiger partial charge >= 0.3 is 0 Å². The molecule has 0 spiro atoms. The highest BCUT2D eigenvalue weighted by molar-refractivity contribution is 7.90. The van der Waals surface area contributed by atoms with Crippen LogP contribution in [0.25, 0.3) is 11.3 Å². The highest BCUT2D eigenvalue weighted by Crippen LogP contribution is 2.39. The van der Waals surface area contributed by atoms with Crippen molar-refractivity contribution in [1.82, 2.24) is 14.7 Å². The maximum atomic E-state index is 13.4. The first-order chi connectivity index (χ1) is 16.9. The van der Waals surface area contributed by atoms with Gasteiger partial charge in [-0.25, -0.2) is 23.1 Å². The minimum atomic E-state index is -4.25. The first-order valence-corrected chi connectivity index (χ1v) is 13.1. The van der Waals surface area contributed by atoms with Crippen LogP contribution in [0.2, 0.25) is 0 Å². The molecular weight excluding hydrogens is 478 g/mol. The molecule has 0 radical (unpaired) electrons. The Morgan fingerprint density at radius 2 is 1.97 bits per heavy atom. The Labute approximate surface area is 211 Å². The molecule has 1 aromatic carbocycles. The van der Waals surface area contributed by atoms with Gasteiger partial charge in [0.05, 0.1) is 18.4 Å². The molecule has 1 saturated heterocycles. The van der Waals surface area contributed by atoms with E-state index < -0.39 is 15.9 Å². The van der Waals surface area contributed by atoms with E-state index in [1.165, 1.54) is 18.3 Å². The number of aryl methyl sites for hydroxylation is 1. The molecule has 3 aromatic rings. The number of hydrogen-bond acceptors (Lipinski definition) is 8. The van der Waals surface area contributed by atoms with Gasteiger partial charge in [-0.2, -0.15) is 0 Å². The largest absolute Gasteiger partial charge is 0.496 e. The van der Waals surface area contributed by atoms with Gasteiger partial charge in [-0.05, 0) is 69.5 Å². The fourth-order valence-corrected chi connectivity index (χ4v) is 5.87. The molecule has 9 nitrogen and oxygen atoms in total. The van der Waals surface area contributed by atoms with Crippen molar-refractivity contribution in [3.63, 3.8) is 0 Å². The molecule has 1 fully saturated rings. The first-order valence-electron chi connectivity index (χ1n) is 11.6. The quantitative estimate of drug-likeness (QED) is 0.514. The van der Waals surface area contributed by atoms with Crippen molar-refractivity contribution in [3.8, 4) is 17.0 Å². The lowest BCUT2D eigenvalue weighted by molar-refractivity contribution is 0.0981. The zero-order valence-electron chi connectivity index (χ0n) is 21.1. The number of sulfonamides is 1. The summed E-state index contributed by atoms with van der Waals surface area (Å²) in [4.78, 5) is 23.9. The van der Waals surface area contributed by atoms with Gasteiger partial charge in [0, 0.05) is 23.8 Å². The number of ether oxygens (including phenoxy) is 1. The Balaban J connectivity index is 1.82. The van der Waals surface area contributed by atoms with Crippen LogP contribution in [0.1, 0.15) is 43.1 Å². The predicted molar refractivity (Wildman–Crippen MR) is 139 cm³/mol. The highest BCUT2D eigenvalue weighted by atomic mass is 32.2. The number of aromatic nitrogens is 2. The summed E-state index contributed by atoms with van der Waals surface area (Å²) >= 11 is 0. The van der Waals surface area contributed by atoms with Crippen molar-refractivity contribution in [2.75, 3.05) is 24.3 Å². The maximum Gasteiger partial charge on any atom is 0.268 e. The van der Waals surface area contributed by atoms with Crippen molar-refractivity contribution in [2.24, 2.45) is 5.92 Å². The number of anilines is 2. The third kappa shape index (κ3) is 4.86. The first kappa shape index (κ1) is 25.4. The lowest BCUT2D eigenvalue weighted by atomic mass is 9.97. The van der Waals surface area contributed by atoms with E-state index in [0.29, 0.717) is 29.7 Å². The Morgan fingerprint density at radius 3 is 2.61 bits per heavy atom. The third-order valence-corrected chi connectivity index (χ3v) is 7.77. The number of amides is 1. The Hall–Kier alpha value is -3.66. The third-order valence-electron chi connectivity index (χ3n) is 6.40. The van der Waals surface area contributed by atoms with Gasteiger partial charge in [0.15, 0.2) is 0 Å². The molecule has 0 saturated carbocycles. The summed E-state index contributed by atoms with van der Waals surface area (Å²) in [5.74, 6) is 0.456. The SMILES string of the molecule is COc1ccc(C)cc1-c1ccc(C(=O)NS(=O)(=O)c2cccnc2N)c(N2C[C@@H](C)CC2(C)C)n1. The molecule has 3 heterocycles. The van der Waals surface area contributed by atoms with Crippen molar-refractivity contribution in [1.29, 1.82) is 0 Å². The second kappa shape index (κ2) is 9.42. The number of pyridine rings is 2. The lowest BCUT2D eigenvalue weighted by Crippen LogP contribution is -2.41. The van der Waals surface area contributed by atoms with Crippen LogP contribution in [-0.2, 0) is 10.0 Å². The van der Waals surface area contributed by atoms with Gasteiger partial charge in [0.2, 0.25) is 0 Å². The van der Waals surface area contributed by atoms with Gasteiger partial charge in [0.25, 0.3) is 15.9 Å². The predicted octanol–water partition coefficient (Wildman–Crippen LogP) is 3.79. The van der Waals surface area contributed by atoms with Crippen molar-refractivity contribution in [2.45, 2.75) is 44.6 Å². The number of nitrogens with two attached hydrogens (primary N) is 1. The summed E-state index contributed by atoms with van der Waals surface area (Å²) in [6, 6.07) is 11.8. The molecular formula is C26H31N5O4S. The van der Waals surface area contributed by atoms with E-state index in [-0.39, 0.29) is 21.8 Å². The van der Waals surface area contributed by atoms with Crippen LogP contribution in [0.15, 0.2) is 53.6 Å². The van der Waals surface area contributed by atoms with Crippen LogP contribution in [0.3, 0.4) is 0 Å². The molecule has 10 heteroatoms. The summed E-state index contributed by atoms with van der Waals surface area (Å²) in [6.07, 6.45) is 2.28. The molecule has 36 heavy (non-hydrogen) atoms. The van der Waals surface area contributed by atoms with E-state index >= 15 is 0 Å². The van der Waals surface area contributed by atoms with E-state index in [0.717, 1.165) is 17.5 Å². The number of nitrogens with zero attached hydrogens (tertiary/aromatic N) is 3. The van der Waals surface area contributed by atoms with Crippen LogP contribution in [0.5, 0.6) is 5.75 Å². The number of nitrogen functional groups attached to an aromatic ring is 1. The summed E-state index contributed by atoms with van der Waals surface area (Å²) in [6.45, 7) is 8.98. The number of carbonyl (C=O) groups excluding carboxylic acids is 1. The smallest absolute Gasteiger partial charge is 0.268 e. The zero-order chi connectivity index (χ0) is 26.3. The fourth-order valence-electron chi connectivity index (χ4n) is 4.82. The summed E-state index contributed by atoms with van der Waals surface area (Å²) in [5.41, 5.74) is 8.05. The van der Waals surface area contributed by atoms with Crippen LogP contribution in [0.4, 0.5) is 11.6 Å². The molecule has 1 atom stereocenters. The number of methoxy groups -OCH3 is 1. The molecule has 0 bridgehead atoms. The topological polar surface area (TPSA) is 128 Å². The summed E-state index contributed by atoms with van der Waals surface area (Å²) < 4.78 is 33.6. The number of benzene rings is 1. The Bertz CT molecular complexity index is 1420. The minimum absolute atomic E-state index is 0.151. The molecule has 0 aliphatic carbocycles. The van der Waals surface area contributed by atoms with Gasteiger partial charge < -0.3 is 15.4 Å². The van der Waals surface area contributed by atoms with E-state index in [2.05, 4.69) is 35.4 Å². The molecule has 2 aromatic heterocycles. The van der Waals surface area contributed by atoms with Crippen LogP contribution >= 0.6 is 0 Å². The second-order valence-corrected chi connectivity index (χ2v) is 11.5. The number of rotatable bonds is 6. The molecule has 190 valence electrons. The van der Waals surface area contributed by atoms with Crippen molar-refractivity contribution in [3.05, 3.63) is 59.8 Å². The molecule has 0 unspecified atom stereocenters. The molecule has 4 rings (SSSR count). The van der Waals surface area contributed by atoms with E-state index in [9.17, 15) is 13.2 Å². The average molecular weight is 510 g/mol. The Kier molecular flexibility index (Phi) is 6.66. The van der Waals surface area contributed by atoms with Gasteiger partial charge in [-0.1, -0.05) is 18.6 Å². The van der Waals surface area contributed by atoms with Crippen molar-refractivity contribution < 1.29 is 17.9 Å². The van der Waals surface area contributed by atoms with E-state index in [1.54, 1.807) is 19.2 Å². The number of hydrogen-bond donors (Lipinski definition) is 2. The lowest BCUT2D eigenvalue weighted by Gasteiger charge is -2.34. The average Bonchev–Trinajstić information content (AvgIpc) is 3.10. The zero-order valence-corrected chi connectivity index (χ0v) is 21.9. The normalized spacial score (nSPS) is 17.1. The number of nitrogens with one attached hydrogen (secondary N) is 1. The van der Waals surface area contributed by atoms with Gasteiger partial charge in [0.1, 0.15) is 22.3 Å². The number of carbonyl (C=O) groups is 1.